The van der Waals surface area contributed by atoms with E-state index >= 15 is 0 Å². The number of carbonyl (C=O) groups is 1. The van der Waals surface area contributed by atoms with E-state index in [-0.39, 0.29) is 25.6 Å². The molecule has 11 nitrogen and oxygen atoms in total. The van der Waals surface area contributed by atoms with Crippen molar-refractivity contribution < 1.29 is 52.2 Å². The second-order valence-corrected chi connectivity index (χ2v) is 11.0. The van der Waals surface area contributed by atoms with Gasteiger partial charge >= 0.3 is 5.97 Å². The van der Waals surface area contributed by atoms with Crippen molar-refractivity contribution in [2.45, 2.75) is 57.3 Å². The molecule has 0 aromatic heterocycles. The maximum absolute atomic E-state index is 13.3. The Hall–Kier alpha value is -3.77. The minimum Gasteiger partial charge on any atom is -0.493 e. The molecule has 4 aliphatic heterocycles. The normalized spacial score (nSPS) is 25.2. The molecule has 0 aliphatic carbocycles. The van der Waals surface area contributed by atoms with Gasteiger partial charge in [0, 0.05) is 30.0 Å². The van der Waals surface area contributed by atoms with Gasteiger partial charge in [0.05, 0.1) is 32.5 Å². The summed E-state index contributed by atoms with van der Waals surface area (Å²) in [5.74, 6) is 1.50. The van der Waals surface area contributed by atoms with E-state index in [4.69, 9.17) is 47.4 Å². The summed E-state index contributed by atoms with van der Waals surface area (Å²) in [6.07, 6.45) is -1.28. The monoisotopic (exact) mass is 580 g/mol. The first-order chi connectivity index (χ1) is 20.3. The highest BCUT2D eigenvalue weighted by Crippen LogP contribution is 2.50. The predicted molar refractivity (Wildman–Crippen MR) is 147 cm³/mol. The lowest BCUT2D eigenvalue weighted by Crippen LogP contribution is -2.50. The Morgan fingerprint density at radius 1 is 0.905 bits per heavy atom. The number of esters is 1. The first-order valence-electron chi connectivity index (χ1n) is 13.8. The van der Waals surface area contributed by atoms with E-state index in [2.05, 4.69) is 0 Å². The van der Waals surface area contributed by atoms with Gasteiger partial charge in [0.1, 0.15) is 24.6 Å². The number of rotatable bonds is 7. The zero-order chi connectivity index (χ0) is 29.2. The van der Waals surface area contributed by atoms with Gasteiger partial charge in [-0.3, -0.25) is 0 Å². The smallest absolute Gasteiger partial charge is 0.339 e. The lowest BCUT2D eigenvalue weighted by molar-refractivity contribution is -0.209. The van der Waals surface area contributed by atoms with Gasteiger partial charge in [-0.05, 0) is 49.1 Å². The van der Waals surface area contributed by atoms with Gasteiger partial charge in [-0.2, -0.15) is 0 Å². The van der Waals surface area contributed by atoms with E-state index < -0.39 is 24.2 Å². The summed E-state index contributed by atoms with van der Waals surface area (Å²) in [5.41, 5.74) is 2.46. The molecule has 222 valence electrons. The molecule has 2 saturated heterocycles. The number of cyclic esters (lactones) is 1. The Morgan fingerprint density at radius 2 is 1.67 bits per heavy atom. The topological polar surface area (TPSA) is 109 Å². The van der Waals surface area contributed by atoms with E-state index in [0.29, 0.717) is 69.2 Å². The Balaban J connectivity index is 1.39. The molecule has 2 fully saturated rings. The highest BCUT2D eigenvalue weighted by molar-refractivity contribution is 6.14. The fourth-order valence-electron chi connectivity index (χ4n) is 6.28. The van der Waals surface area contributed by atoms with Crippen LogP contribution in [0.3, 0.4) is 0 Å². The van der Waals surface area contributed by atoms with E-state index in [9.17, 15) is 4.79 Å². The van der Waals surface area contributed by atoms with E-state index in [1.54, 1.807) is 21.3 Å². The van der Waals surface area contributed by atoms with Crippen LogP contribution in [-0.2, 0) is 30.3 Å². The SMILES string of the molecule is COCC1OC(Oc2c3c(c(-c4ccc5c(c4)OCO5)c4cc(OC)c(OC)cc24)C(=O)OC3)CC2OC(C)(C)OC12. The first-order valence-corrected chi connectivity index (χ1v) is 13.8. The maximum Gasteiger partial charge on any atom is 0.339 e. The van der Waals surface area contributed by atoms with Crippen molar-refractivity contribution in [3.05, 3.63) is 41.5 Å². The van der Waals surface area contributed by atoms with Crippen molar-refractivity contribution >= 4 is 16.7 Å². The van der Waals surface area contributed by atoms with E-state index in [0.717, 1.165) is 5.56 Å². The second kappa shape index (κ2) is 10.2. The van der Waals surface area contributed by atoms with Crippen LogP contribution in [0.5, 0.6) is 28.7 Å². The van der Waals surface area contributed by atoms with Crippen LogP contribution in [0, 0.1) is 0 Å². The zero-order valence-corrected chi connectivity index (χ0v) is 24.0. The highest BCUT2D eigenvalue weighted by atomic mass is 16.8. The third-order valence-corrected chi connectivity index (χ3v) is 8.00. The van der Waals surface area contributed by atoms with Gasteiger partial charge in [0.15, 0.2) is 28.8 Å². The fraction of sp³-hybridized carbons (Fsp3) is 0.452. The molecule has 3 aromatic rings. The molecule has 42 heavy (non-hydrogen) atoms. The summed E-state index contributed by atoms with van der Waals surface area (Å²) >= 11 is 0. The van der Waals surface area contributed by atoms with Crippen molar-refractivity contribution in [1.82, 2.24) is 0 Å². The summed E-state index contributed by atoms with van der Waals surface area (Å²) < 4.78 is 58.9. The number of hydrogen-bond acceptors (Lipinski definition) is 11. The Bertz CT molecular complexity index is 1560. The minimum absolute atomic E-state index is 0.0399. The lowest BCUT2D eigenvalue weighted by Gasteiger charge is -2.36. The molecule has 0 radical (unpaired) electrons. The fourth-order valence-corrected chi connectivity index (χ4v) is 6.28. The highest BCUT2D eigenvalue weighted by Gasteiger charge is 2.51. The molecular weight excluding hydrogens is 548 g/mol. The maximum atomic E-state index is 13.3. The molecule has 0 spiro atoms. The van der Waals surface area contributed by atoms with Gasteiger partial charge in [-0.25, -0.2) is 4.79 Å². The Morgan fingerprint density at radius 3 is 2.43 bits per heavy atom. The van der Waals surface area contributed by atoms with Gasteiger partial charge in [0.25, 0.3) is 0 Å². The van der Waals surface area contributed by atoms with Crippen LogP contribution < -0.4 is 23.7 Å². The average molecular weight is 581 g/mol. The van der Waals surface area contributed by atoms with E-state index in [1.165, 1.54) is 0 Å². The number of carbonyl (C=O) groups excluding carboxylic acids is 1. The molecule has 7 rings (SSSR count). The Kier molecular flexibility index (Phi) is 6.58. The van der Waals surface area contributed by atoms with Crippen molar-refractivity contribution in [3.63, 3.8) is 0 Å². The van der Waals surface area contributed by atoms with Crippen molar-refractivity contribution in [3.8, 4) is 39.9 Å². The number of fused-ring (bicyclic) bond motifs is 4. The number of ether oxygens (including phenoxy) is 10. The van der Waals surface area contributed by atoms with Crippen LogP contribution in [0.15, 0.2) is 30.3 Å². The molecule has 0 bridgehead atoms. The van der Waals surface area contributed by atoms with Crippen LogP contribution in [0.25, 0.3) is 21.9 Å². The van der Waals surface area contributed by atoms with Crippen molar-refractivity contribution in [1.29, 1.82) is 0 Å². The Labute approximate surface area is 242 Å². The van der Waals surface area contributed by atoms with Crippen LogP contribution in [0.1, 0.15) is 36.2 Å². The van der Waals surface area contributed by atoms with Gasteiger partial charge in [-0.15, -0.1) is 0 Å². The molecule has 4 atom stereocenters. The third kappa shape index (κ3) is 4.39. The van der Waals surface area contributed by atoms with Crippen molar-refractivity contribution in [2.24, 2.45) is 0 Å². The molecule has 0 amide bonds. The quantitative estimate of drug-likeness (QED) is 0.366. The van der Waals surface area contributed by atoms with Crippen LogP contribution in [0.4, 0.5) is 0 Å². The molecule has 0 saturated carbocycles. The van der Waals surface area contributed by atoms with Gasteiger partial charge in [0.2, 0.25) is 13.1 Å². The molecular formula is C31H32O11. The van der Waals surface area contributed by atoms with E-state index in [1.807, 2.05) is 44.2 Å². The third-order valence-electron chi connectivity index (χ3n) is 8.00. The summed E-state index contributed by atoms with van der Waals surface area (Å²) in [7, 11) is 4.75. The summed E-state index contributed by atoms with van der Waals surface area (Å²) in [4.78, 5) is 13.3. The molecule has 4 unspecified atom stereocenters. The van der Waals surface area contributed by atoms with Crippen LogP contribution >= 0.6 is 0 Å². The first kappa shape index (κ1) is 27.1. The van der Waals surface area contributed by atoms with Crippen LogP contribution in [0.2, 0.25) is 0 Å². The molecule has 4 aliphatic rings. The molecule has 0 N–H and O–H groups in total. The zero-order valence-electron chi connectivity index (χ0n) is 24.0. The standard InChI is InChI=1S/C31H32O11/c1-31(2)41-23-11-25(39-24(13-33-3)29(23)42-31)40-28-17-10-21(35-5)20(34-4)9-16(17)26(27-18(28)12-36-30(27)32)15-6-7-19-22(8-15)38-14-37-19/h6-10,23-25,29H,11-14H2,1-5H3. The number of methoxy groups -OCH3 is 3. The van der Waals surface area contributed by atoms with Gasteiger partial charge in [-0.1, -0.05) is 6.07 Å². The van der Waals surface area contributed by atoms with Gasteiger partial charge < -0.3 is 47.4 Å². The lowest BCUT2D eigenvalue weighted by atomic mass is 9.89. The number of benzene rings is 3. The predicted octanol–water partition coefficient (Wildman–Crippen LogP) is 4.58. The number of hydrogen-bond donors (Lipinski definition) is 0. The minimum atomic E-state index is -0.760. The second-order valence-electron chi connectivity index (χ2n) is 11.0. The summed E-state index contributed by atoms with van der Waals surface area (Å²) in [6, 6.07) is 9.27. The molecule has 4 heterocycles. The van der Waals surface area contributed by atoms with Crippen LogP contribution in [-0.4, -0.2) is 71.1 Å². The largest absolute Gasteiger partial charge is 0.493 e. The molecule has 3 aromatic carbocycles. The summed E-state index contributed by atoms with van der Waals surface area (Å²) in [5, 5.41) is 1.41. The van der Waals surface area contributed by atoms with Crippen molar-refractivity contribution in [2.75, 3.05) is 34.7 Å². The summed E-state index contributed by atoms with van der Waals surface area (Å²) in [6.45, 7) is 4.23. The average Bonchev–Trinajstić information content (AvgIpc) is 3.68. The molecule has 11 heteroatoms.